The standard InChI is InChI=1S/C21H25ClN2O2/c1-21(2,16-4-6-17(22)7-5-16)20(25)24-14-12-23(13-15-24)18-8-10-19(26-3)11-9-18/h4-11H,12-15H2,1-3H3. The van der Waals surface area contributed by atoms with Gasteiger partial charge in [-0.25, -0.2) is 0 Å². The second-order valence-electron chi connectivity index (χ2n) is 7.11. The van der Waals surface area contributed by atoms with Crippen molar-refractivity contribution in [3.8, 4) is 5.75 Å². The van der Waals surface area contributed by atoms with Crippen LogP contribution in [0.25, 0.3) is 0 Å². The number of hydrogen-bond acceptors (Lipinski definition) is 3. The molecule has 1 aliphatic rings. The van der Waals surface area contributed by atoms with Crippen LogP contribution >= 0.6 is 11.6 Å². The predicted molar refractivity (Wildman–Crippen MR) is 106 cm³/mol. The van der Waals surface area contributed by atoms with Crippen molar-refractivity contribution in [3.05, 3.63) is 59.1 Å². The highest BCUT2D eigenvalue weighted by molar-refractivity contribution is 6.30. The molecule has 0 unspecified atom stereocenters. The van der Waals surface area contributed by atoms with Crippen molar-refractivity contribution in [1.29, 1.82) is 0 Å². The van der Waals surface area contributed by atoms with E-state index in [0.29, 0.717) is 5.02 Å². The molecule has 1 heterocycles. The molecule has 2 aromatic rings. The molecule has 0 bridgehead atoms. The molecule has 1 saturated heterocycles. The number of methoxy groups -OCH3 is 1. The summed E-state index contributed by atoms with van der Waals surface area (Å²) in [4.78, 5) is 17.4. The van der Waals surface area contributed by atoms with Crippen LogP contribution in [0.2, 0.25) is 5.02 Å². The summed E-state index contributed by atoms with van der Waals surface area (Å²) in [7, 11) is 1.67. The average Bonchev–Trinajstić information content (AvgIpc) is 2.68. The summed E-state index contributed by atoms with van der Waals surface area (Å²) >= 11 is 5.97. The molecule has 26 heavy (non-hydrogen) atoms. The highest BCUT2D eigenvalue weighted by Crippen LogP contribution is 2.28. The Bertz CT molecular complexity index is 749. The van der Waals surface area contributed by atoms with Gasteiger partial charge in [-0.05, 0) is 55.8 Å². The molecular weight excluding hydrogens is 348 g/mol. The maximum atomic E-state index is 13.1. The third-order valence-electron chi connectivity index (χ3n) is 5.11. The monoisotopic (exact) mass is 372 g/mol. The first-order valence-corrected chi connectivity index (χ1v) is 9.24. The number of carbonyl (C=O) groups is 1. The largest absolute Gasteiger partial charge is 0.497 e. The minimum Gasteiger partial charge on any atom is -0.497 e. The first kappa shape index (κ1) is 18.6. The SMILES string of the molecule is COc1ccc(N2CCN(C(=O)C(C)(C)c3ccc(Cl)cc3)CC2)cc1. The normalized spacial score (nSPS) is 15.1. The van der Waals surface area contributed by atoms with Gasteiger partial charge < -0.3 is 14.5 Å². The van der Waals surface area contributed by atoms with Gasteiger partial charge >= 0.3 is 0 Å². The van der Waals surface area contributed by atoms with Crippen molar-refractivity contribution in [2.45, 2.75) is 19.3 Å². The number of nitrogens with zero attached hydrogens (tertiary/aromatic N) is 2. The van der Waals surface area contributed by atoms with E-state index < -0.39 is 5.41 Å². The molecule has 0 atom stereocenters. The van der Waals surface area contributed by atoms with E-state index in [9.17, 15) is 4.79 Å². The summed E-state index contributed by atoms with van der Waals surface area (Å²) in [5.41, 5.74) is 1.59. The minimum atomic E-state index is -0.563. The quantitative estimate of drug-likeness (QED) is 0.813. The predicted octanol–water partition coefficient (Wildman–Crippen LogP) is 3.98. The second kappa shape index (κ2) is 7.58. The Morgan fingerprint density at radius 1 is 0.962 bits per heavy atom. The van der Waals surface area contributed by atoms with Gasteiger partial charge in [0.05, 0.1) is 12.5 Å². The smallest absolute Gasteiger partial charge is 0.232 e. The fourth-order valence-electron chi connectivity index (χ4n) is 3.35. The Morgan fingerprint density at radius 3 is 2.08 bits per heavy atom. The van der Waals surface area contributed by atoms with Crippen LogP contribution in [0.15, 0.2) is 48.5 Å². The molecule has 0 aliphatic carbocycles. The van der Waals surface area contributed by atoms with E-state index in [4.69, 9.17) is 16.3 Å². The molecule has 3 rings (SSSR count). The lowest BCUT2D eigenvalue weighted by Crippen LogP contribution is -2.53. The number of hydrogen-bond donors (Lipinski definition) is 0. The molecule has 1 amide bonds. The van der Waals surface area contributed by atoms with E-state index in [1.54, 1.807) is 7.11 Å². The average molecular weight is 373 g/mol. The van der Waals surface area contributed by atoms with Gasteiger partial charge in [-0.3, -0.25) is 4.79 Å². The van der Waals surface area contributed by atoms with Crippen molar-refractivity contribution < 1.29 is 9.53 Å². The van der Waals surface area contributed by atoms with Crippen molar-refractivity contribution >= 4 is 23.2 Å². The fourth-order valence-corrected chi connectivity index (χ4v) is 3.47. The molecule has 1 aliphatic heterocycles. The van der Waals surface area contributed by atoms with Crippen LogP contribution in [0, 0.1) is 0 Å². The summed E-state index contributed by atoms with van der Waals surface area (Å²) in [6, 6.07) is 15.6. The first-order valence-electron chi connectivity index (χ1n) is 8.86. The van der Waals surface area contributed by atoms with E-state index in [1.165, 1.54) is 0 Å². The fraction of sp³-hybridized carbons (Fsp3) is 0.381. The third-order valence-corrected chi connectivity index (χ3v) is 5.36. The number of anilines is 1. The van der Waals surface area contributed by atoms with E-state index in [-0.39, 0.29) is 5.91 Å². The molecule has 0 spiro atoms. The number of benzene rings is 2. The summed E-state index contributed by atoms with van der Waals surface area (Å²) in [6.07, 6.45) is 0. The Balaban J connectivity index is 1.64. The van der Waals surface area contributed by atoms with Crippen molar-refractivity contribution in [1.82, 2.24) is 4.90 Å². The molecule has 4 nitrogen and oxygen atoms in total. The molecular formula is C21H25ClN2O2. The second-order valence-corrected chi connectivity index (χ2v) is 7.55. The molecule has 0 N–H and O–H groups in total. The van der Waals surface area contributed by atoms with Crippen LogP contribution in [0.3, 0.4) is 0 Å². The van der Waals surface area contributed by atoms with Crippen LogP contribution < -0.4 is 9.64 Å². The number of rotatable bonds is 4. The van der Waals surface area contributed by atoms with Gasteiger partial charge in [0.2, 0.25) is 5.91 Å². The maximum absolute atomic E-state index is 13.1. The molecule has 0 aromatic heterocycles. The van der Waals surface area contributed by atoms with Gasteiger partial charge in [-0.15, -0.1) is 0 Å². The van der Waals surface area contributed by atoms with E-state index in [0.717, 1.165) is 43.2 Å². The molecule has 0 radical (unpaired) electrons. The maximum Gasteiger partial charge on any atom is 0.232 e. The van der Waals surface area contributed by atoms with Crippen LogP contribution in [0.1, 0.15) is 19.4 Å². The molecule has 138 valence electrons. The van der Waals surface area contributed by atoms with Gasteiger partial charge in [-0.2, -0.15) is 0 Å². The van der Waals surface area contributed by atoms with Gasteiger partial charge in [-0.1, -0.05) is 23.7 Å². The topological polar surface area (TPSA) is 32.8 Å². The van der Waals surface area contributed by atoms with E-state index >= 15 is 0 Å². The van der Waals surface area contributed by atoms with E-state index in [1.807, 2.05) is 55.1 Å². The lowest BCUT2D eigenvalue weighted by molar-refractivity contribution is -0.136. The number of ether oxygens (including phenoxy) is 1. The molecule has 1 fully saturated rings. The Kier molecular flexibility index (Phi) is 5.42. The van der Waals surface area contributed by atoms with Crippen molar-refractivity contribution in [3.63, 3.8) is 0 Å². The Labute approximate surface area is 160 Å². The lowest BCUT2D eigenvalue weighted by Gasteiger charge is -2.39. The molecule has 2 aromatic carbocycles. The Morgan fingerprint density at radius 2 is 1.54 bits per heavy atom. The van der Waals surface area contributed by atoms with Crippen LogP contribution in [-0.4, -0.2) is 44.1 Å². The van der Waals surface area contributed by atoms with Crippen LogP contribution in [0.4, 0.5) is 5.69 Å². The van der Waals surface area contributed by atoms with Crippen molar-refractivity contribution in [2.75, 3.05) is 38.2 Å². The summed E-state index contributed by atoms with van der Waals surface area (Å²) in [5.74, 6) is 1.02. The third kappa shape index (κ3) is 3.80. The number of amides is 1. The summed E-state index contributed by atoms with van der Waals surface area (Å²) in [5, 5.41) is 0.685. The van der Waals surface area contributed by atoms with E-state index in [2.05, 4.69) is 17.0 Å². The van der Waals surface area contributed by atoms with Gasteiger partial charge in [0.1, 0.15) is 5.75 Å². The van der Waals surface area contributed by atoms with Gasteiger partial charge in [0.25, 0.3) is 0 Å². The molecule has 0 saturated carbocycles. The highest BCUT2D eigenvalue weighted by atomic mass is 35.5. The Hall–Kier alpha value is -2.20. The van der Waals surface area contributed by atoms with Crippen LogP contribution in [0.5, 0.6) is 5.75 Å². The van der Waals surface area contributed by atoms with Crippen LogP contribution in [-0.2, 0) is 10.2 Å². The zero-order valence-corrected chi connectivity index (χ0v) is 16.3. The zero-order valence-electron chi connectivity index (χ0n) is 15.5. The summed E-state index contributed by atoms with van der Waals surface area (Å²) in [6.45, 7) is 7.07. The zero-order chi connectivity index (χ0) is 18.7. The first-order chi connectivity index (χ1) is 12.4. The summed E-state index contributed by atoms with van der Waals surface area (Å²) < 4.78 is 5.21. The van der Waals surface area contributed by atoms with Gasteiger partial charge in [0.15, 0.2) is 0 Å². The van der Waals surface area contributed by atoms with Crippen molar-refractivity contribution in [2.24, 2.45) is 0 Å². The lowest BCUT2D eigenvalue weighted by atomic mass is 9.83. The number of halogens is 1. The number of piperazine rings is 1. The molecule has 5 heteroatoms. The highest BCUT2D eigenvalue weighted by Gasteiger charge is 2.35. The van der Waals surface area contributed by atoms with Gasteiger partial charge in [0, 0.05) is 36.9 Å². The number of carbonyl (C=O) groups excluding carboxylic acids is 1. The minimum absolute atomic E-state index is 0.161.